The minimum atomic E-state index is -0.232. The molecule has 0 aliphatic carbocycles. The molecule has 0 aromatic heterocycles. The topological polar surface area (TPSA) is 38.3 Å². The van der Waals surface area contributed by atoms with Gasteiger partial charge in [0.2, 0.25) is 0 Å². The zero-order valence-electron chi connectivity index (χ0n) is 9.43. The van der Waals surface area contributed by atoms with Crippen molar-refractivity contribution in [1.29, 1.82) is 0 Å². The van der Waals surface area contributed by atoms with Crippen molar-refractivity contribution in [3.8, 4) is 5.75 Å². The summed E-state index contributed by atoms with van der Waals surface area (Å²) in [5.74, 6) is 0.161. The molecular weight excluding hydrogens is 261 g/mol. The van der Waals surface area contributed by atoms with Gasteiger partial charge in [-0.05, 0) is 19.1 Å². The van der Waals surface area contributed by atoms with Crippen LogP contribution in [0.3, 0.4) is 0 Å². The number of rotatable bonds is 5. The number of halogens is 2. The molecule has 0 saturated heterocycles. The van der Waals surface area contributed by atoms with Crippen LogP contribution in [0.15, 0.2) is 30.4 Å². The molecule has 0 radical (unpaired) electrons. The normalized spacial score (nSPS) is 9.82. The molecule has 0 spiro atoms. The standard InChI is InChI=1S/C12H13Cl2NO2/c1-8(2)6-15-12(16)7-17-11-5-9(13)3-4-10(11)14/h3-5H,1,6-7H2,2H3,(H,15,16). The Morgan fingerprint density at radius 2 is 2.18 bits per heavy atom. The number of amides is 1. The fourth-order valence-electron chi connectivity index (χ4n) is 1.03. The highest BCUT2D eigenvalue weighted by Gasteiger charge is 2.06. The summed E-state index contributed by atoms with van der Waals surface area (Å²) in [5, 5.41) is 3.57. The number of hydrogen-bond acceptors (Lipinski definition) is 2. The Kier molecular flexibility index (Phi) is 5.32. The third-order valence-electron chi connectivity index (χ3n) is 1.84. The average molecular weight is 274 g/mol. The zero-order chi connectivity index (χ0) is 12.8. The highest BCUT2D eigenvalue weighted by molar-refractivity contribution is 6.34. The number of ether oxygens (including phenoxy) is 1. The molecule has 17 heavy (non-hydrogen) atoms. The zero-order valence-corrected chi connectivity index (χ0v) is 10.9. The SMILES string of the molecule is C=C(C)CNC(=O)COc1cc(Cl)ccc1Cl. The van der Waals surface area contributed by atoms with Crippen LogP contribution in [0.1, 0.15) is 6.92 Å². The van der Waals surface area contributed by atoms with Gasteiger partial charge in [0.05, 0.1) is 5.02 Å². The second-order valence-electron chi connectivity index (χ2n) is 3.60. The summed E-state index contributed by atoms with van der Waals surface area (Å²) < 4.78 is 5.25. The van der Waals surface area contributed by atoms with Gasteiger partial charge < -0.3 is 10.1 Å². The molecule has 0 atom stereocenters. The van der Waals surface area contributed by atoms with E-state index in [4.69, 9.17) is 27.9 Å². The van der Waals surface area contributed by atoms with Crippen molar-refractivity contribution in [3.05, 3.63) is 40.4 Å². The van der Waals surface area contributed by atoms with Crippen molar-refractivity contribution in [2.45, 2.75) is 6.92 Å². The molecule has 3 nitrogen and oxygen atoms in total. The number of carbonyl (C=O) groups is 1. The van der Waals surface area contributed by atoms with E-state index < -0.39 is 0 Å². The van der Waals surface area contributed by atoms with Gasteiger partial charge in [0.1, 0.15) is 5.75 Å². The molecule has 1 N–H and O–H groups in total. The van der Waals surface area contributed by atoms with Gasteiger partial charge in [-0.15, -0.1) is 0 Å². The Hall–Kier alpha value is -1.19. The van der Waals surface area contributed by atoms with Crippen LogP contribution in [0.4, 0.5) is 0 Å². The first-order valence-corrected chi connectivity index (χ1v) is 5.73. The van der Waals surface area contributed by atoms with Crippen LogP contribution in [-0.2, 0) is 4.79 Å². The van der Waals surface area contributed by atoms with Gasteiger partial charge in [0.25, 0.3) is 5.91 Å². The summed E-state index contributed by atoms with van der Waals surface area (Å²) in [6.07, 6.45) is 0. The second kappa shape index (κ2) is 6.52. The van der Waals surface area contributed by atoms with E-state index in [1.54, 1.807) is 18.2 Å². The minimum Gasteiger partial charge on any atom is -0.482 e. The van der Waals surface area contributed by atoms with Crippen molar-refractivity contribution in [2.24, 2.45) is 0 Å². The Labute approximate surface area is 110 Å². The minimum absolute atomic E-state index is 0.104. The van der Waals surface area contributed by atoms with E-state index in [9.17, 15) is 4.79 Å². The molecule has 0 unspecified atom stereocenters. The summed E-state index contributed by atoms with van der Waals surface area (Å²) in [4.78, 5) is 11.4. The first kappa shape index (κ1) is 13.9. The van der Waals surface area contributed by atoms with E-state index in [1.807, 2.05) is 6.92 Å². The Balaban J connectivity index is 2.47. The lowest BCUT2D eigenvalue weighted by Crippen LogP contribution is -2.30. The van der Waals surface area contributed by atoms with Crippen molar-refractivity contribution in [3.63, 3.8) is 0 Å². The Bertz CT molecular complexity index is 433. The van der Waals surface area contributed by atoms with E-state index in [0.717, 1.165) is 5.57 Å². The van der Waals surface area contributed by atoms with Gasteiger partial charge in [-0.1, -0.05) is 35.4 Å². The van der Waals surface area contributed by atoms with Crippen molar-refractivity contribution in [2.75, 3.05) is 13.2 Å². The molecule has 1 amide bonds. The van der Waals surface area contributed by atoms with Gasteiger partial charge in [-0.3, -0.25) is 4.79 Å². The number of carbonyl (C=O) groups excluding carboxylic acids is 1. The van der Waals surface area contributed by atoms with Crippen LogP contribution < -0.4 is 10.1 Å². The highest BCUT2D eigenvalue weighted by atomic mass is 35.5. The third kappa shape index (κ3) is 5.11. The monoisotopic (exact) mass is 273 g/mol. The molecule has 0 saturated carbocycles. The maximum absolute atomic E-state index is 11.4. The molecule has 1 rings (SSSR count). The second-order valence-corrected chi connectivity index (χ2v) is 4.44. The lowest BCUT2D eigenvalue weighted by atomic mass is 10.3. The third-order valence-corrected chi connectivity index (χ3v) is 2.39. The maximum Gasteiger partial charge on any atom is 0.258 e. The van der Waals surface area contributed by atoms with Crippen LogP contribution >= 0.6 is 23.2 Å². The van der Waals surface area contributed by atoms with E-state index in [-0.39, 0.29) is 12.5 Å². The predicted molar refractivity (Wildman–Crippen MR) is 69.8 cm³/mol. The first-order chi connectivity index (χ1) is 7.99. The van der Waals surface area contributed by atoms with Gasteiger partial charge in [-0.2, -0.15) is 0 Å². The summed E-state index contributed by atoms with van der Waals surface area (Å²) in [6, 6.07) is 4.83. The molecule has 0 fully saturated rings. The number of hydrogen-bond donors (Lipinski definition) is 1. The van der Waals surface area contributed by atoms with E-state index in [0.29, 0.717) is 22.3 Å². The molecule has 5 heteroatoms. The summed E-state index contributed by atoms with van der Waals surface area (Å²) in [6.45, 7) is 5.84. The molecule has 1 aromatic carbocycles. The van der Waals surface area contributed by atoms with Gasteiger partial charge in [0, 0.05) is 17.6 Å². The van der Waals surface area contributed by atoms with Crippen LogP contribution in [0.5, 0.6) is 5.75 Å². The van der Waals surface area contributed by atoms with Gasteiger partial charge in [-0.25, -0.2) is 0 Å². The average Bonchev–Trinajstić information content (AvgIpc) is 2.27. The summed E-state index contributed by atoms with van der Waals surface area (Å²) >= 11 is 11.7. The van der Waals surface area contributed by atoms with Gasteiger partial charge in [0.15, 0.2) is 6.61 Å². The molecule has 1 aromatic rings. The quantitative estimate of drug-likeness (QED) is 0.838. The number of benzene rings is 1. The molecule has 0 heterocycles. The molecule has 0 bridgehead atoms. The highest BCUT2D eigenvalue weighted by Crippen LogP contribution is 2.27. The number of nitrogens with one attached hydrogen (secondary N) is 1. The maximum atomic E-state index is 11.4. The van der Waals surface area contributed by atoms with Crippen molar-refractivity contribution in [1.82, 2.24) is 5.32 Å². The van der Waals surface area contributed by atoms with Crippen molar-refractivity contribution < 1.29 is 9.53 Å². The predicted octanol–water partition coefficient (Wildman–Crippen LogP) is 3.06. The Morgan fingerprint density at radius 3 is 2.82 bits per heavy atom. The molecular formula is C12H13Cl2NO2. The summed E-state index contributed by atoms with van der Waals surface area (Å²) in [7, 11) is 0. The van der Waals surface area contributed by atoms with Crippen LogP contribution in [0, 0.1) is 0 Å². The van der Waals surface area contributed by atoms with Crippen molar-refractivity contribution >= 4 is 29.1 Å². The van der Waals surface area contributed by atoms with E-state index in [2.05, 4.69) is 11.9 Å². The van der Waals surface area contributed by atoms with Crippen LogP contribution in [0.25, 0.3) is 0 Å². The lowest BCUT2D eigenvalue weighted by Gasteiger charge is -2.08. The Morgan fingerprint density at radius 1 is 1.47 bits per heavy atom. The fourth-order valence-corrected chi connectivity index (χ4v) is 1.37. The molecule has 92 valence electrons. The first-order valence-electron chi connectivity index (χ1n) is 4.98. The summed E-state index contributed by atoms with van der Waals surface area (Å²) in [5.41, 5.74) is 0.874. The molecule has 0 aliphatic heterocycles. The molecule has 0 aliphatic rings. The van der Waals surface area contributed by atoms with Crippen LogP contribution in [0.2, 0.25) is 10.0 Å². The van der Waals surface area contributed by atoms with E-state index in [1.165, 1.54) is 0 Å². The fraction of sp³-hybridized carbons (Fsp3) is 0.250. The smallest absolute Gasteiger partial charge is 0.258 e. The largest absolute Gasteiger partial charge is 0.482 e. The van der Waals surface area contributed by atoms with Gasteiger partial charge >= 0.3 is 0 Å². The van der Waals surface area contributed by atoms with Crippen LogP contribution in [-0.4, -0.2) is 19.1 Å². The lowest BCUT2D eigenvalue weighted by molar-refractivity contribution is -0.122. The van der Waals surface area contributed by atoms with E-state index >= 15 is 0 Å².